The maximum Gasteiger partial charge on any atom is 0.278 e. The van der Waals surface area contributed by atoms with Gasteiger partial charge in [-0.1, -0.05) is 11.2 Å². The fraction of sp³-hybridized carbons (Fsp3) is 0.333. The van der Waals surface area contributed by atoms with Crippen molar-refractivity contribution < 1.29 is 14.1 Å². The van der Waals surface area contributed by atoms with Crippen LogP contribution in [-0.4, -0.2) is 44.7 Å². The van der Waals surface area contributed by atoms with Crippen molar-refractivity contribution in [3.05, 3.63) is 65.3 Å². The van der Waals surface area contributed by atoms with E-state index in [4.69, 9.17) is 4.52 Å². The summed E-state index contributed by atoms with van der Waals surface area (Å²) in [6.07, 6.45) is 6.72. The molecule has 0 aliphatic carbocycles. The molecule has 1 saturated heterocycles. The predicted molar refractivity (Wildman–Crippen MR) is 107 cm³/mol. The molecular formula is C21H23N5O3. The molecule has 4 rings (SSSR count). The first-order chi connectivity index (χ1) is 14.1. The van der Waals surface area contributed by atoms with E-state index in [1.165, 1.54) is 0 Å². The van der Waals surface area contributed by atoms with Gasteiger partial charge in [0, 0.05) is 42.3 Å². The third kappa shape index (κ3) is 4.21. The van der Waals surface area contributed by atoms with Gasteiger partial charge in [-0.3, -0.25) is 14.3 Å². The van der Waals surface area contributed by atoms with Gasteiger partial charge >= 0.3 is 0 Å². The highest BCUT2D eigenvalue weighted by Gasteiger charge is 2.22. The minimum absolute atomic E-state index is 0.00236. The Labute approximate surface area is 168 Å². The SMILES string of the molecule is Cc1onc(C(=O)Nc2cccc(C(=O)N3CCCCC3)c2)c1Cn1cccn1. The van der Waals surface area contributed by atoms with Crippen molar-refractivity contribution in [2.24, 2.45) is 0 Å². The predicted octanol–water partition coefficient (Wildman–Crippen LogP) is 3.11. The lowest BCUT2D eigenvalue weighted by Crippen LogP contribution is -2.35. The topological polar surface area (TPSA) is 93.3 Å². The largest absolute Gasteiger partial charge is 0.361 e. The molecule has 1 aromatic carbocycles. The van der Waals surface area contributed by atoms with Crippen molar-refractivity contribution in [3.63, 3.8) is 0 Å². The van der Waals surface area contributed by atoms with Crippen LogP contribution in [0.2, 0.25) is 0 Å². The maximum absolute atomic E-state index is 12.8. The van der Waals surface area contributed by atoms with Crippen LogP contribution in [0.25, 0.3) is 0 Å². The summed E-state index contributed by atoms with van der Waals surface area (Å²) in [5.74, 6) is 0.184. The number of hydrogen-bond donors (Lipinski definition) is 1. The van der Waals surface area contributed by atoms with E-state index in [-0.39, 0.29) is 17.5 Å². The van der Waals surface area contributed by atoms with Gasteiger partial charge < -0.3 is 14.7 Å². The summed E-state index contributed by atoms with van der Waals surface area (Å²) >= 11 is 0. The van der Waals surface area contributed by atoms with Crippen molar-refractivity contribution in [2.75, 3.05) is 18.4 Å². The van der Waals surface area contributed by atoms with Crippen LogP contribution in [-0.2, 0) is 6.54 Å². The number of carbonyl (C=O) groups is 2. The monoisotopic (exact) mass is 393 g/mol. The fourth-order valence-corrected chi connectivity index (χ4v) is 3.51. The van der Waals surface area contributed by atoms with Gasteiger partial charge in [0.05, 0.1) is 6.54 Å². The Balaban J connectivity index is 1.50. The molecule has 3 heterocycles. The molecule has 1 aliphatic rings. The van der Waals surface area contributed by atoms with Crippen molar-refractivity contribution in [1.29, 1.82) is 0 Å². The van der Waals surface area contributed by atoms with Gasteiger partial charge in [0.25, 0.3) is 11.8 Å². The molecule has 0 bridgehead atoms. The van der Waals surface area contributed by atoms with Gasteiger partial charge in [0.1, 0.15) is 5.76 Å². The second-order valence-corrected chi connectivity index (χ2v) is 7.16. The smallest absolute Gasteiger partial charge is 0.278 e. The van der Waals surface area contributed by atoms with E-state index in [0.717, 1.165) is 32.4 Å². The highest BCUT2D eigenvalue weighted by molar-refractivity contribution is 6.04. The van der Waals surface area contributed by atoms with Crippen LogP contribution in [0.3, 0.4) is 0 Å². The highest BCUT2D eigenvalue weighted by atomic mass is 16.5. The lowest BCUT2D eigenvalue weighted by Gasteiger charge is -2.26. The van der Waals surface area contributed by atoms with Crippen LogP contribution in [0.1, 0.15) is 51.4 Å². The Kier molecular flexibility index (Phi) is 5.41. The summed E-state index contributed by atoms with van der Waals surface area (Å²) in [6.45, 7) is 3.72. The highest BCUT2D eigenvalue weighted by Crippen LogP contribution is 2.19. The summed E-state index contributed by atoms with van der Waals surface area (Å²) in [6, 6.07) is 8.81. The van der Waals surface area contributed by atoms with Gasteiger partial charge in [-0.15, -0.1) is 0 Å². The van der Waals surface area contributed by atoms with Crippen molar-refractivity contribution >= 4 is 17.5 Å². The molecule has 1 fully saturated rings. The Hall–Kier alpha value is -3.42. The number of rotatable bonds is 5. The molecule has 2 amide bonds. The number of anilines is 1. The molecule has 2 aromatic heterocycles. The molecule has 1 N–H and O–H groups in total. The van der Waals surface area contributed by atoms with Crippen LogP contribution in [0, 0.1) is 6.92 Å². The van der Waals surface area contributed by atoms with Crippen LogP contribution in [0.4, 0.5) is 5.69 Å². The van der Waals surface area contributed by atoms with E-state index in [0.29, 0.717) is 29.1 Å². The number of amides is 2. The summed E-state index contributed by atoms with van der Waals surface area (Å²) in [5.41, 5.74) is 2.00. The second kappa shape index (κ2) is 8.30. The average Bonchev–Trinajstić information content (AvgIpc) is 3.39. The molecule has 8 nitrogen and oxygen atoms in total. The van der Waals surface area contributed by atoms with Crippen molar-refractivity contribution in [3.8, 4) is 0 Å². The van der Waals surface area contributed by atoms with E-state index in [2.05, 4.69) is 15.6 Å². The number of aryl methyl sites for hydroxylation is 1. The van der Waals surface area contributed by atoms with E-state index in [1.807, 2.05) is 17.2 Å². The summed E-state index contributed by atoms with van der Waals surface area (Å²) in [5, 5.41) is 10.9. The number of benzene rings is 1. The Bertz CT molecular complexity index is 1000. The number of aromatic nitrogens is 3. The van der Waals surface area contributed by atoms with E-state index in [1.54, 1.807) is 42.1 Å². The molecule has 3 aromatic rings. The quantitative estimate of drug-likeness (QED) is 0.719. The van der Waals surface area contributed by atoms with E-state index >= 15 is 0 Å². The van der Waals surface area contributed by atoms with Crippen LogP contribution < -0.4 is 5.32 Å². The molecule has 1 aliphatic heterocycles. The minimum atomic E-state index is -0.383. The summed E-state index contributed by atoms with van der Waals surface area (Å²) in [4.78, 5) is 27.4. The molecular weight excluding hydrogens is 370 g/mol. The van der Waals surface area contributed by atoms with Crippen LogP contribution >= 0.6 is 0 Å². The first-order valence-electron chi connectivity index (χ1n) is 9.75. The molecule has 150 valence electrons. The number of nitrogens with zero attached hydrogens (tertiary/aromatic N) is 4. The maximum atomic E-state index is 12.8. The summed E-state index contributed by atoms with van der Waals surface area (Å²) in [7, 11) is 0. The number of likely N-dealkylation sites (tertiary alicyclic amines) is 1. The number of nitrogens with one attached hydrogen (secondary N) is 1. The van der Waals surface area contributed by atoms with Gasteiger partial charge in [0.15, 0.2) is 5.69 Å². The van der Waals surface area contributed by atoms with Crippen LogP contribution in [0.5, 0.6) is 0 Å². The first-order valence-corrected chi connectivity index (χ1v) is 9.75. The lowest BCUT2D eigenvalue weighted by molar-refractivity contribution is 0.0724. The molecule has 0 atom stereocenters. The second-order valence-electron chi connectivity index (χ2n) is 7.16. The fourth-order valence-electron chi connectivity index (χ4n) is 3.51. The number of carbonyl (C=O) groups excluding carboxylic acids is 2. The Morgan fingerprint density at radius 2 is 2.00 bits per heavy atom. The van der Waals surface area contributed by atoms with Gasteiger partial charge in [-0.2, -0.15) is 5.10 Å². The van der Waals surface area contributed by atoms with E-state index < -0.39 is 0 Å². The van der Waals surface area contributed by atoms with Gasteiger partial charge in [-0.05, 0) is 50.5 Å². The molecule has 29 heavy (non-hydrogen) atoms. The zero-order chi connectivity index (χ0) is 20.2. The standard InChI is InChI=1S/C21H23N5O3/c1-15-18(14-26-12-6-9-22-26)19(24-29-15)20(27)23-17-8-5-7-16(13-17)21(28)25-10-3-2-4-11-25/h5-9,12-13H,2-4,10-11,14H2,1H3,(H,23,27). The Morgan fingerprint density at radius 3 is 2.76 bits per heavy atom. The van der Waals surface area contributed by atoms with Crippen LogP contribution in [0.15, 0.2) is 47.2 Å². The minimum Gasteiger partial charge on any atom is -0.361 e. The van der Waals surface area contributed by atoms with Crippen molar-refractivity contribution in [2.45, 2.75) is 32.7 Å². The number of hydrogen-bond acceptors (Lipinski definition) is 5. The summed E-state index contributed by atoms with van der Waals surface area (Å²) < 4.78 is 6.93. The zero-order valence-electron chi connectivity index (χ0n) is 16.3. The first kappa shape index (κ1) is 18.9. The Morgan fingerprint density at radius 1 is 1.17 bits per heavy atom. The normalized spacial score (nSPS) is 14.0. The third-order valence-corrected chi connectivity index (χ3v) is 5.09. The van der Waals surface area contributed by atoms with Gasteiger partial charge in [-0.25, -0.2) is 0 Å². The zero-order valence-corrected chi connectivity index (χ0v) is 16.3. The molecule has 0 unspecified atom stereocenters. The molecule has 0 saturated carbocycles. The molecule has 8 heteroatoms. The third-order valence-electron chi connectivity index (χ3n) is 5.09. The van der Waals surface area contributed by atoms with E-state index in [9.17, 15) is 9.59 Å². The van der Waals surface area contributed by atoms with Crippen molar-refractivity contribution in [1.82, 2.24) is 19.8 Å². The lowest BCUT2D eigenvalue weighted by atomic mass is 10.1. The number of piperidine rings is 1. The van der Waals surface area contributed by atoms with Gasteiger partial charge in [0.2, 0.25) is 0 Å². The average molecular weight is 393 g/mol. The molecule has 0 spiro atoms. The molecule has 0 radical (unpaired) electrons.